The van der Waals surface area contributed by atoms with Crippen LogP contribution >= 0.6 is 0 Å². The molecule has 146 valence electrons. The molecule has 0 spiro atoms. The van der Waals surface area contributed by atoms with E-state index in [1.165, 1.54) is 11.6 Å². The minimum Gasteiger partial charge on any atom is -0.381 e. The van der Waals surface area contributed by atoms with E-state index in [1.54, 1.807) is 6.07 Å². The average Bonchev–Trinajstić information content (AvgIpc) is 2.65. The lowest BCUT2D eigenvalue weighted by molar-refractivity contribution is 0.0996. The molecule has 0 aromatic heterocycles. The Bertz CT molecular complexity index is 814. The van der Waals surface area contributed by atoms with E-state index in [1.807, 2.05) is 18.2 Å². The normalized spacial score (nSPS) is 22.3. The number of aliphatic hydroxyl groups is 1. The maximum absolute atomic E-state index is 14.2. The smallest absolute Gasteiger partial charge is 0.123 e. The monoisotopic (exact) mass is 385 g/mol. The van der Waals surface area contributed by atoms with Crippen molar-refractivity contribution < 1.29 is 9.50 Å². The van der Waals surface area contributed by atoms with Crippen molar-refractivity contribution in [3.8, 4) is 0 Å². The van der Waals surface area contributed by atoms with Crippen LogP contribution in [0.15, 0.2) is 42.5 Å². The molecule has 1 aliphatic carbocycles. The van der Waals surface area contributed by atoms with Crippen LogP contribution in [0.5, 0.6) is 0 Å². The summed E-state index contributed by atoms with van der Waals surface area (Å²) in [4.78, 5) is 2.17. The summed E-state index contributed by atoms with van der Waals surface area (Å²) in [6, 6.07) is 14.0. The Morgan fingerprint density at radius 2 is 1.81 bits per heavy atom. The number of hydrogen-bond donors (Lipinski definition) is 1. The maximum Gasteiger partial charge on any atom is 0.123 e. The average molecular weight is 386 g/mol. The molecule has 3 rings (SSSR count). The van der Waals surface area contributed by atoms with Crippen LogP contribution in [0.3, 0.4) is 0 Å². The molecule has 2 aromatic carbocycles. The fraction of sp³-hybridized carbons (Fsp3) is 0.478. The van der Waals surface area contributed by atoms with E-state index in [2.05, 4.69) is 50.8 Å². The zero-order valence-electron chi connectivity index (χ0n) is 17.2. The van der Waals surface area contributed by atoms with E-state index in [-0.39, 0.29) is 11.7 Å². The van der Waals surface area contributed by atoms with E-state index >= 15 is 0 Å². The van der Waals surface area contributed by atoms with Crippen LogP contribution in [0.4, 0.5) is 4.39 Å². The first-order valence-corrected chi connectivity index (χ1v) is 13.6. The number of halogens is 1. The first-order chi connectivity index (χ1) is 12.6. The topological polar surface area (TPSA) is 23.5 Å². The summed E-state index contributed by atoms with van der Waals surface area (Å²) in [5, 5.41) is 12.1. The molecule has 4 heteroatoms. The lowest BCUT2D eigenvalue weighted by atomic mass is 9.83. The van der Waals surface area contributed by atoms with E-state index in [4.69, 9.17) is 0 Å². The Morgan fingerprint density at radius 3 is 2.48 bits per heavy atom. The first kappa shape index (κ1) is 20.2. The van der Waals surface area contributed by atoms with Gasteiger partial charge in [-0.25, -0.2) is 4.39 Å². The van der Waals surface area contributed by atoms with Crippen molar-refractivity contribution in [3.05, 3.63) is 70.5 Å². The Labute approximate surface area is 164 Å². The third kappa shape index (κ3) is 4.34. The summed E-state index contributed by atoms with van der Waals surface area (Å²) in [6.45, 7) is 7.79. The zero-order valence-corrected chi connectivity index (χ0v) is 18.2. The minimum absolute atomic E-state index is 0.204. The molecule has 1 aliphatic rings. The van der Waals surface area contributed by atoms with E-state index in [0.29, 0.717) is 0 Å². The van der Waals surface area contributed by atoms with Gasteiger partial charge in [0.2, 0.25) is 0 Å². The minimum atomic E-state index is -1.60. The number of hydrogen-bond acceptors (Lipinski definition) is 2. The molecule has 0 amide bonds. The molecular formula is C23H32FNOSi. The van der Waals surface area contributed by atoms with Crippen LogP contribution < -0.4 is 0 Å². The fourth-order valence-electron chi connectivity index (χ4n) is 4.50. The van der Waals surface area contributed by atoms with E-state index < -0.39 is 13.7 Å². The molecule has 2 aromatic rings. The Morgan fingerprint density at radius 1 is 1.11 bits per heavy atom. The van der Waals surface area contributed by atoms with E-state index in [9.17, 15) is 9.50 Å². The quantitative estimate of drug-likeness (QED) is 0.733. The standard InChI is InChI=1S/C23H32FNOSi/c1-25(2)13-12-17-14-18-8-6-7-9-21(18)23(26,16-27(3,4)5)22-11-10-19(24)15-20(17)22/h6-11,15,17,26H,12-14,16H2,1-5H3. The van der Waals surface area contributed by atoms with Crippen LogP contribution in [-0.4, -0.2) is 38.7 Å². The lowest BCUT2D eigenvalue weighted by Crippen LogP contribution is -2.37. The molecule has 0 saturated heterocycles. The molecule has 2 unspecified atom stereocenters. The summed E-state index contributed by atoms with van der Waals surface area (Å²) in [6.07, 6.45) is 1.79. The Balaban J connectivity index is 2.21. The van der Waals surface area contributed by atoms with Crippen LogP contribution in [0.25, 0.3) is 0 Å². The van der Waals surface area contributed by atoms with Crippen LogP contribution in [0.1, 0.15) is 34.6 Å². The van der Waals surface area contributed by atoms with Crippen molar-refractivity contribution in [1.29, 1.82) is 0 Å². The highest BCUT2D eigenvalue weighted by molar-refractivity contribution is 6.76. The number of rotatable bonds is 5. The Kier molecular flexibility index (Phi) is 5.62. The first-order valence-electron chi connectivity index (χ1n) is 9.85. The third-order valence-electron chi connectivity index (χ3n) is 5.54. The number of nitrogens with zero attached hydrogens (tertiary/aromatic N) is 1. The lowest BCUT2D eigenvalue weighted by Gasteiger charge is -2.36. The van der Waals surface area contributed by atoms with Crippen molar-refractivity contribution >= 4 is 8.07 Å². The van der Waals surface area contributed by atoms with Gasteiger partial charge in [-0.2, -0.15) is 0 Å². The molecule has 0 aliphatic heterocycles. The summed E-state index contributed by atoms with van der Waals surface area (Å²) in [7, 11) is 2.54. The summed E-state index contributed by atoms with van der Waals surface area (Å²) in [5.41, 5.74) is 3.04. The second-order valence-electron chi connectivity index (χ2n) is 9.48. The molecule has 0 fully saturated rings. The summed E-state index contributed by atoms with van der Waals surface area (Å²) >= 11 is 0. The van der Waals surface area contributed by atoms with E-state index in [0.717, 1.165) is 42.1 Å². The maximum atomic E-state index is 14.2. The van der Waals surface area contributed by atoms with Gasteiger partial charge in [-0.05, 0) is 79.8 Å². The van der Waals surface area contributed by atoms with Gasteiger partial charge >= 0.3 is 0 Å². The van der Waals surface area contributed by atoms with Crippen molar-refractivity contribution in [2.75, 3.05) is 20.6 Å². The molecule has 1 N–H and O–H groups in total. The highest BCUT2D eigenvalue weighted by Gasteiger charge is 2.42. The largest absolute Gasteiger partial charge is 0.381 e. The molecule has 27 heavy (non-hydrogen) atoms. The molecule has 0 heterocycles. The van der Waals surface area contributed by atoms with Crippen molar-refractivity contribution in [1.82, 2.24) is 4.90 Å². The van der Waals surface area contributed by atoms with Gasteiger partial charge in [-0.3, -0.25) is 0 Å². The third-order valence-corrected chi connectivity index (χ3v) is 7.11. The number of fused-ring (bicyclic) bond motifs is 2. The number of benzene rings is 2. The predicted octanol–water partition coefficient (Wildman–Crippen LogP) is 4.99. The fourth-order valence-corrected chi connectivity index (χ4v) is 6.42. The predicted molar refractivity (Wildman–Crippen MR) is 114 cm³/mol. The summed E-state index contributed by atoms with van der Waals surface area (Å²) < 4.78 is 14.2. The van der Waals surface area contributed by atoms with Gasteiger partial charge in [0.1, 0.15) is 11.4 Å². The second-order valence-corrected chi connectivity index (χ2v) is 15.0. The van der Waals surface area contributed by atoms with Gasteiger partial charge in [0.25, 0.3) is 0 Å². The van der Waals surface area contributed by atoms with Crippen LogP contribution in [0.2, 0.25) is 25.7 Å². The van der Waals surface area contributed by atoms with Gasteiger partial charge < -0.3 is 10.0 Å². The molecule has 0 bridgehead atoms. The van der Waals surface area contributed by atoms with Crippen LogP contribution in [-0.2, 0) is 12.0 Å². The Hall–Kier alpha value is -1.49. The van der Waals surface area contributed by atoms with Gasteiger partial charge in [-0.1, -0.05) is 50.0 Å². The van der Waals surface area contributed by atoms with Gasteiger partial charge in [-0.15, -0.1) is 0 Å². The zero-order chi connectivity index (χ0) is 19.8. The molecule has 2 atom stereocenters. The summed E-state index contributed by atoms with van der Waals surface area (Å²) in [5.74, 6) is -0.0141. The molecule has 0 radical (unpaired) electrons. The SMILES string of the molecule is CN(C)CCC1Cc2ccccc2C(O)(C[Si](C)(C)C)c2ccc(F)cc21. The van der Waals surface area contributed by atoms with Crippen molar-refractivity contribution in [3.63, 3.8) is 0 Å². The van der Waals surface area contributed by atoms with Crippen LogP contribution in [0, 0.1) is 5.82 Å². The van der Waals surface area contributed by atoms with Gasteiger partial charge in [0.05, 0.1) is 0 Å². The second kappa shape index (κ2) is 7.49. The molecular weight excluding hydrogens is 353 g/mol. The molecule has 0 saturated carbocycles. The molecule has 2 nitrogen and oxygen atoms in total. The highest BCUT2D eigenvalue weighted by atomic mass is 28.3. The van der Waals surface area contributed by atoms with Gasteiger partial charge in [0, 0.05) is 8.07 Å². The van der Waals surface area contributed by atoms with Gasteiger partial charge in [0.15, 0.2) is 0 Å². The van der Waals surface area contributed by atoms with Crippen molar-refractivity contribution in [2.45, 2.75) is 50.0 Å². The van der Waals surface area contributed by atoms with Crippen molar-refractivity contribution in [2.24, 2.45) is 0 Å². The highest BCUT2D eigenvalue weighted by Crippen LogP contribution is 2.46.